The van der Waals surface area contributed by atoms with Crippen LogP contribution in [0.2, 0.25) is 0 Å². The number of hydrogen-bond acceptors (Lipinski definition) is 5. The van der Waals surface area contributed by atoms with Gasteiger partial charge in [0.05, 0.1) is 27.0 Å². The SMILES string of the molecule is CC(=O)N(C)c1ccc(NC=C2C(=O)Nc3ccc4ncsc4c32)cc1. The number of carbonyl (C=O) groups excluding carboxylic acids is 2. The zero-order valence-electron chi connectivity index (χ0n) is 14.2. The molecule has 0 aliphatic carbocycles. The molecule has 0 spiro atoms. The van der Waals surface area contributed by atoms with Crippen molar-refractivity contribution >= 4 is 56.0 Å². The van der Waals surface area contributed by atoms with Gasteiger partial charge >= 0.3 is 0 Å². The number of hydrogen-bond donors (Lipinski definition) is 2. The Morgan fingerprint density at radius 1 is 1.23 bits per heavy atom. The molecular formula is C19H16N4O2S. The highest BCUT2D eigenvalue weighted by Gasteiger charge is 2.27. The predicted octanol–water partition coefficient (Wildman–Crippen LogP) is 3.68. The zero-order chi connectivity index (χ0) is 18.3. The van der Waals surface area contributed by atoms with Gasteiger partial charge in [-0.1, -0.05) is 0 Å². The first-order chi connectivity index (χ1) is 12.5. The molecule has 0 saturated heterocycles. The Morgan fingerprint density at radius 2 is 2.00 bits per heavy atom. The van der Waals surface area contributed by atoms with Gasteiger partial charge in [-0.3, -0.25) is 9.59 Å². The standard InChI is InChI=1S/C19H16N4O2S/c1-11(24)23(2)13-5-3-12(4-6-13)20-9-14-17-15(22-19(14)25)7-8-16-18(17)26-10-21-16/h3-10,20H,1-2H3,(H,22,25). The Balaban J connectivity index is 1.63. The first-order valence-electron chi connectivity index (χ1n) is 8.03. The van der Waals surface area contributed by atoms with Crippen LogP contribution in [-0.4, -0.2) is 23.8 Å². The summed E-state index contributed by atoms with van der Waals surface area (Å²) in [7, 11) is 1.73. The normalized spacial score (nSPS) is 14.4. The van der Waals surface area contributed by atoms with E-state index in [2.05, 4.69) is 15.6 Å². The summed E-state index contributed by atoms with van der Waals surface area (Å²) in [4.78, 5) is 29.7. The number of fused-ring (bicyclic) bond motifs is 3. The van der Waals surface area contributed by atoms with Gasteiger partial charge in [-0.25, -0.2) is 4.98 Å². The number of anilines is 3. The number of nitrogens with one attached hydrogen (secondary N) is 2. The molecule has 130 valence electrons. The van der Waals surface area contributed by atoms with Gasteiger partial charge in [0.2, 0.25) is 5.91 Å². The van der Waals surface area contributed by atoms with E-state index < -0.39 is 0 Å². The van der Waals surface area contributed by atoms with Crippen molar-refractivity contribution < 1.29 is 9.59 Å². The number of benzene rings is 2. The lowest BCUT2D eigenvalue weighted by atomic mass is 10.1. The number of aromatic nitrogens is 1. The van der Waals surface area contributed by atoms with E-state index in [4.69, 9.17) is 0 Å². The molecule has 1 aromatic heterocycles. The molecule has 6 nitrogen and oxygen atoms in total. The van der Waals surface area contributed by atoms with E-state index in [1.807, 2.05) is 36.4 Å². The van der Waals surface area contributed by atoms with Crippen molar-refractivity contribution in [1.29, 1.82) is 0 Å². The van der Waals surface area contributed by atoms with E-state index in [9.17, 15) is 9.59 Å². The fourth-order valence-electron chi connectivity index (χ4n) is 2.86. The Morgan fingerprint density at radius 3 is 2.73 bits per heavy atom. The summed E-state index contributed by atoms with van der Waals surface area (Å²) in [6, 6.07) is 11.2. The second-order valence-electron chi connectivity index (χ2n) is 5.97. The molecule has 0 bridgehead atoms. The van der Waals surface area contributed by atoms with Gasteiger partial charge in [-0.05, 0) is 36.4 Å². The maximum absolute atomic E-state index is 12.4. The average Bonchev–Trinajstić information content (AvgIpc) is 3.23. The van der Waals surface area contributed by atoms with Crippen LogP contribution in [0.1, 0.15) is 12.5 Å². The van der Waals surface area contributed by atoms with Crippen molar-refractivity contribution in [2.75, 3.05) is 22.6 Å². The molecule has 2 aromatic carbocycles. The van der Waals surface area contributed by atoms with Gasteiger partial charge in [0.1, 0.15) is 0 Å². The van der Waals surface area contributed by atoms with E-state index in [1.54, 1.807) is 23.7 Å². The smallest absolute Gasteiger partial charge is 0.257 e. The van der Waals surface area contributed by atoms with Crippen LogP contribution in [0.5, 0.6) is 0 Å². The van der Waals surface area contributed by atoms with Crippen LogP contribution in [0.15, 0.2) is 48.1 Å². The number of amides is 2. The summed E-state index contributed by atoms with van der Waals surface area (Å²) in [5.74, 6) is -0.165. The fourth-order valence-corrected chi connectivity index (χ4v) is 3.71. The molecule has 1 aliphatic rings. The second-order valence-corrected chi connectivity index (χ2v) is 6.82. The van der Waals surface area contributed by atoms with Crippen LogP contribution in [0, 0.1) is 0 Å². The van der Waals surface area contributed by atoms with Crippen LogP contribution < -0.4 is 15.5 Å². The fraction of sp³-hybridized carbons (Fsp3) is 0.105. The zero-order valence-corrected chi connectivity index (χ0v) is 15.1. The van der Waals surface area contributed by atoms with Crippen LogP contribution >= 0.6 is 11.3 Å². The van der Waals surface area contributed by atoms with E-state index in [0.717, 1.165) is 32.8 Å². The molecule has 0 saturated carbocycles. The summed E-state index contributed by atoms with van der Waals surface area (Å²) < 4.78 is 0.993. The Bertz CT molecular complexity index is 1050. The highest BCUT2D eigenvalue weighted by Crippen LogP contribution is 2.39. The molecule has 0 unspecified atom stereocenters. The lowest BCUT2D eigenvalue weighted by Gasteiger charge is -2.15. The highest BCUT2D eigenvalue weighted by molar-refractivity contribution is 7.17. The minimum Gasteiger partial charge on any atom is -0.361 e. The first kappa shape index (κ1) is 16.3. The molecule has 2 amide bonds. The quantitative estimate of drug-likeness (QED) is 0.695. The van der Waals surface area contributed by atoms with Crippen LogP contribution in [0.4, 0.5) is 17.1 Å². The number of thiazole rings is 1. The summed E-state index contributed by atoms with van der Waals surface area (Å²) >= 11 is 1.52. The third kappa shape index (κ3) is 2.72. The molecule has 26 heavy (non-hydrogen) atoms. The molecule has 1 aliphatic heterocycles. The van der Waals surface area contributed by atoms with Gasteiger partial charge in [0.25, 0.3) is 5.91 Å². The monoisotopic (exact) mass is 364 g/mol. The van der Waals surface area contributed by atoms with E-state index >= 15 is 0 Å². The van der Waals surface area contributed by atoms with Gasteiger partial charge in [-0.15, -0.1) is 11.3 Å². The minimum absolute atomic E-state index is 0.0272. The summed E-state index contributed by atoms with van der Waals surface area (Å²) in [6.45, 7) is 1.52. The molecular weight excluding hydrogens is 348 g/mol. The molecule has 2 heterocycles. The van der Waals surface area contributed by atoms with Crippen molar-refractivity contribution in [3.8, 4) is 0 Å². The van der Waals surface area contributed by atoms with E-state index in [1.165, 1.54) is 18.3 Å². The lowest BCUT2D eigenvalue weighted by molar-refractivity contribution is -0.116. The number of nitrogens with zero attached hydrogens (tertiary/aromatic N) is 2. The molecule has 4 rings (SSSR count). The average molecular weight is 364 g/mol. The molecule has 3 aromatic rings. The lowest BCUT2D eigenvalue weighted by Crippen LogP contribution is -2.22. The maximum atomic E-state index is 12.4. The second kappa shape index (κ2) is 6.27. The largest absolute Gasteiger partial charge is 0.361 e. The van der Waals surface area contributed by atoms with E-state index in [0.29, 0.717) is 5.57 Å². The summed E-state index contributed by atoms with van der Waals surface area (Å²) in [6.07, 6.45) is 1.71. The molecule has 0 fully saturated rings. The molecule has 2 N–H and O–H groups in total. The minimum atomic E-state index is -0.138. The topological polar surface area (TPSA) is 74.3 Å². The van der Waals surface area contributed by atoms with Crippen molar-refractivity contribution in [3.05, 3.63) is 53.7 Å². The Labute approximate surface area is 154 Å². The van der Waals surface area contributed by atoms with Crippen molar-refractivity contribution in [3.63, 3.8) is 0 Å². The Hall–Kier alpha value is -3.19. The van der Waals surface area contributed by atoms with Crippen LogP contribution in [0.3, 0.4) is 0 Å². The molecule has 7 heteroatoms. The third-order valence-corrected chi connectivity index (χ3v) is 5.23. The maximum Gasteiger partial charge on any atom is 0.257 e. The van der Waals surface area contributed by atoms with Gasteiger partial charge in [0.15, 0.2) is 0 Å². The van der Waals surface area contributed by atoms with Crippen molar-refractivity contribution in [2.24, 2.45) is 0 Å². The van der Waals surface area contributed by atoms with Crippen molar-refractivity contribution in [1.82, 2.24) is 4.98 Å². The van der Waals surface area contributed by atoms with Crippen LogP contribution in [0.25, 0.3) is 15.8 Å². The number of carbonyl (C=O) groups is 2. The first-order valence-corrected chi connectivity index (χ1v) is 8.91. The summed E-state index contributed by atoms with van der Waals surface area (Å²) in [5, 5.41) is 6.06. The van der Waals surface area contributed by atoms with Crippen molar-refractivity contribution in [2.45, 2.75) is 6.92 Å². The highest BCUT2D eigenvalue weighted by atomic mass is 32.1. The third-order valence-electron chi connectivity index (χ3n) is 4.37. The number of rotatable bonds is 3. The molecule has 0 radical (unpaired) electrons. The summed E-state index contributed by atoms with van der Waals surface area (Å²) in [5.41, 5.74) is 6.58. The van der Waals surface area contributed by atoms with Crippen LogP contribution in [-0.2, 0) is 9.59 Å². The molecule has 0 atom stereocenters. The van der Waals surface area contributed by atoms with Gasteiger partial charge in [-0.2, -0.15) is 0 Å². The Kier molecular flexibility index (Phi) is 3.93. The van der Waals surface area contributed by atoms with E-state index in [-0.39, 0.29) is 11.8 Å². The van der Waals surface area contributed by atoms with Gasteiger partial charge < -0.3 is 15.5 Å². The van der Waals surface area contributed by atoms with Gasteiger partial charge in [0, 0.05) is 37.1 Å². The predicted molar refractivity (Wildman–Crippen MR) is 105 cm³/mol.